The third-order valence-corrected chi connectivity index (χ3v) is 6.18. The lowest BCUT2D eigenvalue weighted by Gasteiger charge is -2.32. The van der Waals surface area contributed by atoms with Crippen LogP contribution in [0.2, 0.25) is 0 Å². The molecule has 19 heavy (non-hydrogen) atoms. The zero-order chi connectivity index (χ0) is 14.9. The Labute approximate surface area is 118 Å². The van der Waals surface area contributed by atoms with Gasteiger partial charge in [0, 0.05) is 31.9 Å². The van der Waals surface area contributed by atoms with Crippen molar-refractivity contribution >= 4 is 9.84 Å². The molecule has 0 spiro atoms. The van der Waals surface area contributed by atoms with Crippen LogP contribution in [0.4, 0.5) is 0 Å². The highest BCUT2D eigenvalue weighted by Crippen LogP contribution is 2.34. The average Bonchev–Trinajstić information content (AvgIpc) is 2.63. The summed E-state index contributed by atoms with van der Waals surface area (Å²) in [6.45, 7) is 12.2. The highest BCUT2D eigenvalue weighted by Gasteiger charge is 2.37. The molecule has 1 fully saturated rings. The number of hydrogen-bond donors (Lipinski definition) is 1. The minimum atomic E-state index is -3.03. The van der Waals surface area contributed by atoms with Crippen LogP contribution < -0.4 is 5.32 Å². The van der Waals surface area contributed by atoms with Gasteiger partial charge in [-0.05, 0) is 25.7 Å². The van der Waals surface area contributed by atoms with Gasteiger partial charge in [0.1, 0.15) is 0 Å². The lowest BCUT2D eigenvalue weighted by molar-refractivity contribution is 0.00722. The predicted octanol–water partition coefficient (Wildman–Crippen LogP) is 1.85. The molecular formula is C14H29NO3S. The molecule has 0 aliphatic carbocycles. The van der Waals surface area contributed by atoms with Gasteiger partial charge in [-0.2, -0.15) is 0 Å². The summed E-state index contributed by atoms with van der Waals surface area (Å²) in [6, 6.07) is 0. The Hall–Kier alpha value is -0.130. The van der Waals surface area contributed by atoms with Crippen LogP contribution in [0.15, 0.2) is 0 Å². The molecule has 2 atom stereocenters. The summed E-state index contributed by atoms with van der Waals surface area (Å²) in [5.41, 5.74) is 0.134. The van der Waals surface area contributed by atoms with E-state index in [1.165, 1.54) is 6.26 Å². The Morgan fingerprint density at radius 3 is 2.26 bits per heavy atom. The van der Waals surface area contributed by atoms with Crippen LogP contribution in [-0.2, 0) is 14.6 Å². The molecule has 0 bridgehead atoms. The molecule has 1 saturated heterocycles. The lowest BCUT2D eigenvalue weighted by atomic mass is 9.81. The SMILES string of the molecule is CC(C)(C)[C@H]1OCC[C@@H]1CNCC(C)(C)S(C)(=O)=O. The number of nitrogens with one attached hydrogen (secondary N) is 1. The zero-order valence-electron chi connectivity index (χ0n) is 13.1. The van der Waals surface area contributed by atoms with Crippen molar-refractivity contribution in [3.8, 4) is 0 Å². The standard InChI is InChI=1S/C14H29NO3S/c1-13(2,3)12-11(7-8-18-12)9-15-10-14(4,5)19(6,16)17/h11-12,15H,7-10H2,1-6H3/t11-,12+/m1/s1. The first kappa shape index (κ1) is 16.9. The van der Waals surface area contributed by atoms with E-state index in [2.05, 4.69) is 26.1 Å². The monoisotopic (exact) mass is 291 g/mol. The maximum Gasteiger partial charge on any atom is 0.153 e. The molecule has 0 amide bonds. The van der Waals surface area contributed by atoms with Crippen molar-refractivity contribution in [1.82, 2.24) is 5.32 Å². The second kappa shape index (κ2) is 5.70. The number of hydrogen-bond acceptors (Lipinski definition) is 4. The smallest absolute Gasteiger partial charge is 0.153 e. The predicted molar refractivity (Wildman–Crippen MR) is 79.1 cm³/mol. The molecule has 5 heteroatoms. The van der Waals surface area contributed by atoms with Gasteiger partial charge in [-0.25, -0.2) is 8.42 Å². The Balaban J connectivity index is 2.50. The second-order valence-corrected chi connectivity index (χ2v) is 10.0. The van der Waals surface area contributed by atoms with E-state index in [1.54, 1.807) is 13.8 Å². The maximum atomic E-state index is 11.6. The third kappa shape index (κ3) is 4.43. The van der Waals surface area contributed by atoms with Crippen molar-refractivity contribution in [2.45, 2.75) is 51.9 Å². The van der Waals surface area contributed by atoms with Gasteiger partial charge in [-0.1, -0.05) is 20.8 Å². The van der Waals surface area contributed by atoms with Crippen molar-refractivity contribution in [1.29, 1.82) is 0 Å². The van der Waals surface area contributed by atoms with Crippen molar-refractivity contribution < 1.29 is 13.2 Å². The van der Waals surface area contributed by atoms with Crippen LogP contribution in [0.25, 0.3) is 0 Å². The fraction of sp³-hybridized carbons (Fsp3) is 1.00. The van der Waals surface area contributed by atoms with Gasteiger partial charge in [0.05, 0.1) is 10.9 Å². The molecule has 1 heterocycles. The molecule has 0 aromatic rings. The van der Waals surface area contributed by atoms with Crippen LogP contribution in [0.3, 0.4) is 0 Å². The zero-order valence-corrected chi connectivity index (χ0v) is 13.9. The molecule has 0 saturated carbocycles. The molecule has 1 aliphatic heterocycles. The first-order chi connectivity index (χ1) is 8.45. The van der Waals surface area contributed by atoms with Gasteiger partial charge in [0.15, 0.2) is 9.84 Å². The van der Waals surface area contributed by atoms with Crippen LogP contribution in [-0.4, -0.2) is 45.2 Å². The number of rotatable bonds is 5. The van der Waals surface area contributed by atoms with Crippen molar-refractivity contribution in [3.05, 3.63) is 0 Å². The van der Waals surface area contributed by atoms with Crippen molar-refractivity contribution in [3.63, 3.8) is 0 Å². The Bertz CT molecular complexity index is 395. The second-order valence-electron chi connectivity index (χ2n) is 7.37. The van der Waals surface area contributed by atoms with Crippen LogP contribution in [0.1, 0.15) is 41.0 Å². The normalized spacial score (nSPS) is 25.8. The molecular weight excluding hydrogens is 262 g/mol. The number of sulfone groups is 1. The van der Waals surface area contributed by atoms with E-state index in [4.69, 9.17) is 4.74 Å². The van der Waals surface area contributed by atoms with Crippen LogP contribution in [0, 0.1) is 11.3 Å². The number of ether oxygens (including phenoxy) is 1. The first-order valence-corrected chi connectivity index (χ1v) is 8.86. The van der Waals surface area contributed by atoms with Crippen LogP contribution >= 0.6 is 0 Å². The summed E-state index contributed by atoms with van der Waals surface area (Å²) in [5.74, 6) is 0.468. The fourth-order valence-electron chi connectivity index (χ4n) is 2.49. The summed E-state index contributed by atoms with van der Waals surface area (Å²) in [4.78, 5) is 0. The van der Waals surface area contributed by atoms with Gasteiger partial charge >= 0.3 is 0 Å². The molecule has 0 aromatic heterocycles. The van der Waals surface area contributed by atoms with Gasteiger partial charge in [0.2, 0.25) is 0 Å². The molecule has 0 radical (unpaired) electrons. The van der Waals surface area contributed by atoms with Gasteiger partial charge < -0.3 is 10.1 Å². The molecule has 4 nitrogen and oxygen atoms in total. The van der Waals surface area contributed by atoms with E-state index >= 15 is 0 Å². The quantitative estimate of drug-likeness (QED) is 0.840. The van der Waals surface area contributed by atoms with E-state index < -0.39 is 14.6 Å². The highest BCUT2D eigenvalue weighted by atomic mass is 32.2. The molecule has 114 valence electrons. The lowest BCUT2D eigenvalue weighted by Crippen LogP contribution is -2.44. The summed E-state index contributed by atoms with van der Waals surface area (Å²) in [5, 5.41) is 3.32. The molecule has 1 rings (SSSR count). The van der Waals surface area contributed by atoms with Gasteiger partial charge in [-0.3, -0.25) is 0 Å². The largest absolute Gasteiger partial charge is 0.377 e. The van der Waals surface area contributed by atoms with E-state index in [9.17, 15) is 8.42 Å². The first-order valence-electron chi connectivity index (χ1n) is 6.97. The third-order valence-electron chi connectivity index (χ3n) is 4.03. The molecule has 1 aliphatic rings. The summed E-state index contributed by atoms with van der Waals surface area (Å²) in [7, 11) is -3.03. The van der Waals surface area contributed by atoms with Crippen molar-refractivity contribution in [2.24, 2.45) is 11.3 Å². The highest BCUT2D eigenvalue weighted by molar-refractivity contribution is 7.92. The average molecular weight is 291 g/mol. The minimum Gasteiger partial charge on any atom is -0.377 e. The molecule has 0 aromatic carbocycles. The van der Waals surface area contributed by atoms with Gasteiger partial charge in [-0.15, -0.1) is 0 Å². The van der Waals surface area contributed by atoms with E-state index in [-0.39, 0.29) is 11.5 Å². The van der Waals surface area contributed by atoms with Crippen molar-refractivity contribution in [2.75, 3.05) is 26.0 Å². The molecule has 0 unspecified atom stereocenters. The topological polar surface area (TPSA) is 55.4 Å². The summed E-state index contributed by atoms with van der Waals surface area (Å²) >= 11 is 0. The van der Waals surface area contributed by atoms with E-state index in [0.717, 1.165) is 19.6 Å². The summed E-state index contributed by atoms with van der Waals surface area (Å²) in [6.07, 6.45) is 2.60. The van der Waals surface area contributed by atoms with Crippen LogP contribution in [0.5, 0.6) is 0 Å². The Morgan fingerprint density at radius 2 is 1.79 bits per heavy atom. The van der Waals surface area contributed by atoms with E-state index in [0.29, 0.717) is 12.5 Å². The van der Waals surface area contributed by atoms with Gasteiger partial charge in [0.25, 0.3) is 0 Å². The van der Waals surface area contributed by atoms with E-state index in [1.807, 2.05) is 0 Å². The maximum absolute atomic E-state index is 11.6. The minimum absolute atomic E-state index is 0.134. The fourth-order valence-corrected chi connectivity index (χ4v) is 2.85. The summed E-state index contributed by atoms with van der Waals surface area (Å²) < 4.78 is 28.4. The Morgan fingerprint density at radius 1 is 1.21 bits per heavy atom. The molecule has 1 N–H and O–H groups in total. The Kier molecular flexibility index (Phi) is 5.08.